The summed E-state index contributed by atoms with van der Waals surface area (Å²) in [5, 5.41) is 12.2. The van der Waals surface area contributed by atoms with Gasteiger partial charge < -0.3 is 15.2 Å². The van der Waals surface area contributed by atoms with Crippen LogP contribution in [0.3, 0.4) is 0 Å². The maximum Gasteiger partial charge on any atom is 0.224 e. The highest BCUT2D eigenvalue weighted by molar-refractivity contribution is 6.00. The van der Waals surface area contributed by atoms with E-state index in [1.165, 1.54) is 6.07 Å². The van der Waals surface area contributed by atoms with E-state index in [1.54, 1.807) is 42.5 Å². The molecule has 0 aliphatic heterocycles. The quantitative estimate of drug-likeness (QED) is 0.372. The molecule has 5 heteroatoms. The minimum Gasteiger partial charge on any atom is -0.506 e. The van der Waals surface area contributed by atoms with Gasteiger partial charge in [-0.3, -0.25) is 9.59 Å². The number of ketones is 1. The predicted molar refractivity (Wildman–Crippen MR) is 102 cm³/mol. The Labute approximate surface area is 154 Å². The maximum absolute atomic E-state index is 12.2. The molecule has 0 radical (unpaired) electrons. The van der Waals surface area contributed by atoms with Crippen molar-refractivity contribution in [1.82, 2.24) is 0 Å². The third-order valence-corrected chi connectivity index (χ3v) is 3.95. The molecular weight excluding hydrogens is 330 g/mol. The second kappa shape index (κ2) is 10.2. The topological polar surface area (TPSA) is 75.6 Å². The van der Waals surface area contributed by atoms with Crippen LogP contribution in [0.1, 0.15) is 49.4 Å². The number of carbonyl (C=O) groups excluding carboxylic acids is 2. The van der Waals surface area contributed by atoms with E-state index in [9.17, 15) is 14.7 Å². The van der Waals surface area contributed by atoms with Gasteiger partial charge in [-0.25, -0.2) is 0 Å². The molecule has 2 aromatic carbocycles. The zero-order valence-corrected chi connectivity index (χ0v) is 15.0. The van der Waals surface area contributed by atoms with Crippen LogP contribution in [-0.2, 0) is 4.79 Å². The minimum absolute atomic E-state index is 0.00158. The summed E-state index contributed by atoms with van der Waals surface area (Å²) < 4.78 is 5.62. The molecule has 2 N–H and O–H groups in total. The van der Waals surface area contributed by atoms with Crippen LogP contribution in [0, 0.1) is 0 Å². The standard InChI is InChI=1S/C21H25NO4/c1-2-3-6-15-26-17-11-9-16(10-12-17)19(23)13-14-21(25)22-18-7-4-5-8-20(18)24/h4-5,7-12,24H,2-3,6,13-15H2,1H3,(H,22,25). The van der Waals surface area contributed by atoms with Crippen molar-refractivity contribution < 1.29 is 19.4 Å². The summed E-state index contributed by atoms with van der Waals surface area (Å²) in [7, 11) is 0. The average molecular weight is 355 g/mol. The number of carbonyl (C=O) groups is 2. The number of benzene rings is 2. The zero-order valence-electron chi connectivity index (χ0n) is 15.0. The molecule has 0 bridgehead atoms. The fraction of sp³-hybridized carbons (Fsp3) is 0.333. The van der Waals surface area contributed by atoms with Crippen LogP contribution in [0.2, 0.25) is 0 Å². The Morgan fingerprint density at radius 1 is 1.00 bits per heavy atom. The molecule has 0 fully saturated rings. The molecule has 0 aromatic heterocycles. The molecule has 138 valence electrons. The predicted octanol–water partition coefficient (Wildman–Crippen LogP) is 4.56. The SMILES string of the molecule is CCCCCOc1ccc(C(=O)CCC(=O)Nc2ccccc2O)cc1. The third-order valence-electron chi connectivity index (χ3n) is 3.95. The molecule has 1 amide bonds. The van der Waals surface area contributed by atoms with Gasteiger partial charge in [-0.2, -0.15) is 0 Å². The summed E-state index contributed by atoms with van der Waals surface area (Å²) >= 11 is 0. The van der Waals surface area contributed by atoms with Crippen molar-refractivity contribution in [3.05, 3.63) is 54.1 Å². The maximum atomic E-state index is 12.2. The number of ether oxygens (including phenoxy) is 1. The molecule has 26 heavy (non-hydrogen) atoms. The van der Waals surface area contributed by atoms with Gasteiger partial charge in [-0.15, -0.1) is 0 Å². The van der Waals surface area contributed by atoms with Gasteiger partial charge in [0.1, 0.15) is 11.5 Å². The number of phenolic OH excluding ortho intramolecular Hbond substituents is 1. The second-order valence-corrected chi connectivity index (χ2v) is 6.07. The number of anilines is 1. The van der Waals surface area contributed by atoms with Crippen LogP contribution in [0.5, 0.6) is 11.5 Å². The molecule has 0 atom stereocenters. The lowest BCUT2D eigenvalue weighted by Gasteiger charge is -2.08. The van der Waals surface area contributed by atoms with E-state index in [2.05, 4.69) is 12.2 Å². The van der Waals surface area contributed by atoms with E-state index < -0.39 is 0 Å². The highest BCUT2D eigenvalue weighted by Crippen LogP contribution is 2.22. The van der Waals surface area contributed by atoms with E-state index in [4.69, 9.17) is 4.74 Å². The number of rotatable bonds is 10. The van der Waals surface area contributed by atoms with Crippen LogP contribution >= 0.6 is 0 Å². The van der Waals surface area contributed by atoms with Gasteiger partial charge in [0.15, 0.2) is 5.78 Å². The molecular formula is C21H25NO4. The fourth-order valence-electron chi connectivity index (χ4n) is 2.44. The summed E-state index contributed by atoms with van der Waals surface area (Å²) in [4.78, 5) is 24.1. The number of para-hydroxylation sites is 2. The number of hydrogen-bond donors (Lipinski definition) is 2. The van der Waals surface area contributed by atoms with Crippen LogP contribution < -0.4 is 10.1 Å². The highest BCUT2D eigenvalue weighted by Gasteiger charge is 2.11. The lowest BCUT2D eigenvalue weighted by atomic mass is 10.1. The molecule has 0 heterocycles. The van der Waals surface area contributed by atoms with Gasteiger partial charge in [-0.05, 0) is 42.8 Å². The van der Waals surface area contributed by atoms with Gasteiger partial charge in [0.2, 0.25) is 5.91 Å². The van der Waals surface area contributed by atoms with E-state index in [0.717, 1.165) is 25.0 Å². The van der Waals surface area contributed by atoms with Gasteiger partial charge in [0, 0.05) is 18.4 Å². The van der Waals surface area contributed by atoms with E-state index >= 15 is 0 Å². The van der Waals surface area contributed by atoms with Crippen molar-refractivity contribution in [1.29, 1.82) is 0 Å². The van der Waals surface area contributed by atoms with Crippen molar-refractivity contribution >= 4 is 17.4 Å². The van der Waals surface area contributed by atoms with Gasteiger partial charge in [0.25, 0.3) is 0 Å². The largest absolute Gasteiger partial charge is 0.506 e. The van der Waals surface area contributed by atoms with Crippen molar-refractivity contribution in [3.63, 3.8) is 0 Å². The smallest absolute Gasteiger partial charge is 0.224 e. The summed E-state index contributed by atoms with van der Waals surface area (Å²) in [6, 6.07) is 13.5. The molecule has 0 unspecified atom stereocenters. The minimum atomic E-state index is -0.310. The van der Waals surface area contributed by atoms with Crippen molar-refractivity contribution in [2.45, 2.75) is 39.0 Å². The van der Waals surface area contributed by atoms with E-state index in [1.807, 2.05) is 0 Å². The Kier molecular flexibility index (Phi) is 7.68. The van der Waals surface area contributed by atoms with Crippen molar-refractivity contribution in [3.8, 4) is 11.5 Å². The first-order chi connectivity index (χ1) is 12.6. The normalized spacial score (nSPS) is 10.3. The van der Waals surface area contributed by atoms with Crippen LogP contribution in [-0.4, -0.2) is 23.4 Å². The number of Topliss-reactive ketones (excluding diaryl/α,β-unsaturated/α-hetero) is 1. The van der Waals surface area contributed by atoms with Gasteiger partial charge >= 0.3 is 0 Å². The van der Waals surface area contributed by atoms with E-state index in [0.29, 0.717) is 17.9 Å². The number of amides is 1. The van der Waals surface area contributed by atoms with Crippen LogP contribution in [0.15, 0.2) is 48.5 Å². The summed E-state index contributed by atoms with van der Waals surface area (Å²) in [5.74, 6) is 0.336. The fourth-order valence-corrected chi connectivity index (χ4v) is 2.44. The summed E-state index contributed by atoms with van der Waals surface area (Å²) in [6.07, 6.45) is 3.47. The van der Waals surface area contributed by atoms with Gasteiger partial charge in [-0.1, -0.05) is 31.9 Å². The number of hydrogen-bond acceptors (Lipinski definition) is 4. The monoisotopic (exact) mass is 355 g/mol. The average Bonchev–Trinajstić information content (AvgIpc) is 2.66. The van der Waals surface area contributed by atoms with Crippen molar-refractivity contribution in [2.24, 2.45) is 0 Å². The summed E-state index contributed by atoms with van der Waals surface area (Å²) in [6.45, 7) is 2.82. The Hall–Kier alpha value is -2.82. The lowest BCUT2D eigenvalue weighted by molar-refractivity contribution is -0.116. The highest BCUT2D eigenvalue weighted by atomic mass is 16.5. The first-order valence-corrected chi connectivity index (χ1v) is 8.94. The Morgan fingerprint density at radius 3 is 2.42 bits per heavy atom. The number of aromatic hydroxyl groups is 1. The third kappa shape index (κ3) is 6.24. The lowest BCUT2D eigenvalue weighted by Crippen LogP contribution is -2.13. The first kappa shape index (κ1) is 19.5. The number of nitrogens with one attached hydrogen (secondary N) is 1. The Balaban J connectivity index is 1.78. The van der Waals surface area contributed by atoms with Crippen LogP contribution in [0.4, 0.5) is 5.69 Å². The summed E-state index contributed by atoms with van der Waals surface area (Å²) in [5.41, 5.74) is 0.899. The molecule has 0 saturated heterocycles. The number of unbranched alkanes of at least 4 members (excludes halogenated alkanes) is 2. The molecule has 5 nitrogen and oxygen atoms in total. The van der Waals surface area contributed by atoms with Crippen LogP contribution in [0.25, 0.3) is 0 Å². The Morgan fingerprint density at radius 2 is 1.73 bits per heavy atom. The van der Waals surface area contributed by atoms with Gasteiger partial charge in [0.05, 0.1) is 12.3 Å². The molecule has 0 aliphatic rings. The second-order valence-electron chi connectivity index (χ2n) is 6.07. The Bertz CT molecular complexity index is 725. The zero-order chi connectivity index (χ0) is 18.8. The molecule has 0 saturated carbocycles. The molecule has 0 aliphatic carbocycles. The molecule has 2 rings (SSSR count). The van der Waals surface area contributed by atoms with Crippen molar-refractivity contribution in [2.75, 3.05) is 11.9 Å². The van der Waals surface area contributed by atoms with E-state index in [-0.39, 0.29) is 30.3 Å². The first-order valence-electron chi connectivity index (χ1n) is 8.94. The number of phenols is 1. The molecule has 2 aromatic rings. The molecule has 0 spiro atoms.